The molecule has 22 heavy (non-hydrogen) atoms. The van der Waals surface area contributed by atoms with Gasteiger partial charge in [-0.05, 0) is 30.0 Å². The van der Waals surface area contributed by atoms with Gasteiger partial charge < -0.3 is 15.3 Å². The van der Waals surface area contributed by atoms with E-state index in [1.807, 2.05) is 36.5 Å². The van der Waals surface area contributed by atoms with Crippen molar-refractivity contribution in [3.8, 4) is 0 Å². The zero-order valence-electron chi connectivity index (χ0n) is 12.8. The van der Waals surface area contributed by atoms with Crippen LogP contribution in [0, 0.1) is 0 Å². The Morgan fingerprint density at radius 3 is 2.50 bits per heavy atom. The molecule has 1 aliphatic rings. The van der Waals surface area contributed by atoms with Crippen LogP contribution in [0.25, 0.3) is 0 Å². The minimum atomic E-state index is -0.0422. The van der Waals surface area contributed by atoms with E-state index in [9.17, 15) is 5.11 Å². The van der Waals surface area contributed by atoms with Gasteiger partial charge in [0.05, 0.1) is 12.6 Å². The Morgan fingerprint density at radius 1 is 1.09 bits per heavy atom. The molecule has 2 heterocycles. The first kappa shape index (κ1) is 15.0. The molecule has 0 bridgehead atoms. The number of nitrogens with zero attached hydrogens (tertiary/aromatic N) is 2. The van der Waals surface area contributed by atoms with Crippen LogP contribution in [0.1, 0.15) is 30.0 Å². The number of hydrogen-bond acceptors (Lipinski definition) is 4. The van der Waals surface area contributed by atoms with Crippen molar-refractivity contribution in [1.29, 1.82) is 0 Å². The summed E-state index contributed by atoms with van der Waals surface area (Å²) in [6.07, 6.45) is 4.46. The fourth-order valence-electron chi connectivity index (χ4n) is 2.87. The number of hydrogen-bond donors (Lipinski definition) is 2. The lowest BCUT2D eigenvalue weighted by Crippen LogP contribution is -2.24. The molecule has 3 rings (SSSR count). The fourth-order valence-corrected chi connectivity index (χ4v) is 2.87. The molecule has 1 unspecified atom stereocenters. The molecule has 1 fully saturated rings. The minimum Gasteiger partial charge on any atom is -0.394 e. The van der Waals surface area contributed by atoms with E-state index in [-0.39, 0.29) is 12.6 Å². The van der Waals surface area contributed by atoms with Crippen LogP contribution in [-0.4, -0.2) is 29.8 Å². The zero-order chi connectivity index (χ0) is 15.2. The standard InChI is InChI=1S/C18H23N3O/c22-14-17(16-6-2-1-3-7-16)19-12-15-8-9-18(20-13-15)21-10-4-5-11-21/h1-3,6-9,13,17,19,22H,4-5,10-12,14H2. The van der Waals surface area contributed by atoms with Gasteiger partial charge in [-0.25, -0.2) is 4.98 Å². The third-order valence-electron chi connectivity index (χ3n) is 4.18. The predicted molar refractivity (Wildman–Crippen MR) is 88.8 cm³/mol. The average molecular weight is 297 g/mol. The Hall–Kier alpha value is -1.91. The Balaban J connectivity index is 1.58. The van der Waals surface area contributed by atoms with Crippen molar-refractivity contribution < 1.29 is 5.11 Å². The molecule has 1 aliphatic heterocycles. The highest BCUT2D eigenvalue weighted by Gasteiger charge is 2.13. The van der Waals surface area contributed by atoms with E-state index in [1.165, 1.54) is 12.8 Å². The van der Waals surface area contributed by atoms with Crippen LogP contribution in [0.15, 0.2) is 48.7 Å². The topological polar surface area (TPSA) is 48.4 Å². The van der Waals surface area contributed by atoms with E-state index in [2.05, 4.69) is 27.3 Å². The summed E-state index contributed by atoms with van der Waals surface area (Å²) >= 11 is 0. The van der Waals surface area contributed by atoms with Crippen LogP contribution >= 0.6 is 0 Å². The van der Waals surface area contributed by atoms with Gasteiger partial charge in [-0.3, -0.25) is 0 Å². The van der Waals surface area contributed by atoms with E-state index >= 15 is 0 Å². The van der Waals surface area contributed by atoms with Gasteiger partial charge in [-0.1, -0.05) is 36.4 Å². The molecule has 2 N–H and O–H groups in total. The molecule has 0 spiro atoms. The second kappa shape index (κ2) is 7.38. The predicted octanol–water partition coefficient (Wildman–Crippen LogP) is 2.51. The number of pyridine rings is 1. The molecule has 116 valence electrons. The first-order chi connectivity index (χ1) is 10.9. The summed E-state index contributed by atoms with van der Waals surface area (Å²) in [5, 5.41) is 12.9. The van der Waals surface area contributed by atoms with Gasteiger partial charge in [0.2, 0.25) is 0 Å². The van der Waals surface area contributed by atoms with E-state index in [4.69, 9.17) is 0 Å². The molecular formula is C18H23N3O. The van der Waals surface area contributed by atoms with Crippen LogP contribution in [0.3, 0.4) is 0 Å². The molecule has 0 saturated carbocycles. The van der Waals surface area contributed by atoms with E-state index in [0.29, 0.717) is 6.54 Å². The maximum atomic E-state index is 9.56. The van der Waals surface area contributed by atoms with E-state index in [0.717, 1.165) is 30.0 Å². The summed E-state index contributed by atoms with van der Waals surface area (Å²) in [4.78, 5) is 6.89. The molecular weight excluding hydrogens is 274 g/mol. The summed E-state index contributed by atoms with van der Waals surface area (Å²) in [7, 11) is 0. The Bertz CT molecular complexity index is 565. The average Bonchev–Trinajstić information content (AvgIpc) is 3.11. The highest BCUT2D eigenvalue weighted by Crippen LogP contribution is 2.18. The highest BCUT2D eigenvalue weighted by molar-refractivity contribution is 5.40. The third-order valence-corrected chi connectivity index (χ3v) is 4.18. The van der Waals surface area contributed by atoms with Gasteiger partial charge in [-0.15, -0.1) is 0 Å². The number of aliphatic hydroxyl groups excluding tert-OH is 1. The van der Waals surface area contributed by atoms with Crippen molar-refractivity contribution in [2.75, 3.05) is 24.6 Å². The van der Waals surface area contributed by atoms with E-state index in [1.54, 1.807) is 0 Å². The molecule has 0 amide bonds. The normalized spacial score (nSPS) is 16.0. The highest BCUT2D eigenvalue weighted by atomic mass is 16.3. The smallest absolute Gasteiger partial charge is 0.128 e. The van der Waals surface area contributed by atoms with Gasteiger partial charge in [0.1, 0.15) is 5.82 Å². The van der Waals surface area contributed by atoms with Crippen molar-refractivity contribution in [2.24, 2.45) is 0 Å². The molecule has 1 atom stereocenters. The van der Waals surface area contributed by atoms with E-state index < -0.39 is 0 Å². The Kier molecular flexibility index (Phi) is 5.03. The molecule has 0 radical (unpaired) electrons. The Morgan fingerprint density at radius 2 is 1.86 bits per heavy atom. The second-order valence-electron chi connectivity index (χ2n) is 5.75. The number of aliphatic hydroxyl groups is 1. The molecule has 1 aromatic heterocycles. The van der Waals surface area contributed by atoms with Crippen LogP contribution in [-0.2, 0) is 6.54 Å². The summed E-state index contributed by atoms with van der Waals surface area (Å²) in [6, 6.07) is 14.2. The van der Waals surface area contributed by atoms with Crippen molar-refractivity contribution in [3.63, 3.8) is 0 Å². The SMILES string of the molecule is OCC(NCc1ccc(N2CCCC2)nc1)c1ccccc1. The van der Waals surface area contributed by atoms with Gasteiger partial charge in [0, 0.05) is 25.8 Å². The fraction of sp³-hybridized carbons (Fsp3) is 0.389. The molecule has 1 aromatic carbocycles. The maximum absolute atomic E-state index is 9.56. The molecule has 4 heteroatoms. The number of benzene rings is 1. The van der Waals surface area contributed by atoms with Crippen molar-refractivity contribution in [1.82, 2.24) is 10.3 Å². The first-order valence-corrected chi connectivity index (χ1v) is 7.96. The summed E-state index contributed by atoms with van der Waals surface area (Å²) in [5.74, 6) is 1.07. The molecule has 4 nitrogen and oxygen atoms in total. The second-order valence-corrected chi connectivity index (χ2v) is 5.75. The van der Waals surface area contributed by atoms with Gasteiger partial charge in [0.15, 0.2) is 0 Å². The number of nitrogens with one attached hydrogen (secondary N) is 1. The number of rotatable bonds is 6. The van der Waals surface area contributed by atoms with Crippen molar-refractivity contribution in [2.45, 2.75) is 25.4 Å². The monoisotopic (exact) mass is 297 g/mol. The lowest BCUT2D eigenvalue weighted by Gasteiger charge is -2.18. The summed E-state index contributed by atoms with van der Waals surface area (Å²) in [6.45, 7) is 3.02. The van der Waals surface area contributed by atoms with Crippen LogP contribution < -0.4 is 10.2 Å². The quantitative estimate of drug-likeness (QED) is 0.860. The van der Waals surface area contributed by atoms with Gasteiger partial charge >= 0.3 is 0 Å². The lowest BCUT2D eigenvalue weighted by atomic mass is 10.1. The zero-order valence-corrected chi connectivity index (χ0v) is 12.8. The van der Waals surface area contributed by atoms with Crippen molar-refractivity contribution >= 4 is 5.82 Å². The van der Waals surface area contributed by atoms with Crippen molar-refractivity contribution in [3.05, 3.63) is 59.8 Å². The molecule has 0 aliphatic carbocycles. The largest absolute Gasteiger partial charge is 0.394 e. The maximum Gasteiger partial charge on any atom is 0.128 e. The summed E-state index contributed by atoms with van der Waals surface area (Å²) < 4.78 is 0. The van der Waals surface area contributed by atoms with Gasteiger partial charge in [-0.2, -0.15) is 0 Å². The number of anilines is 1. The number of aromatic nitrogens is 1. The van der Waals surface area contributed by atoms with Gasteiger partial charge in [0.25, 0.3) is 0 Å². The lowest BCUT2D eigenvalue weighted by molar-refractivity contribution is 0.243. The Labute approximate surface area is 131 Å². The first-order valence-electron chi connectivity index (χ1n) is 7.96. The van der Waals surface area contributed by atoms with Crippen LogP contribution in [0.4, 0.5) is 5.82 Å². The molecule has 1 saturated heterocycles. The minimum absolute atomic E-state index is 0.0422. The summed E-state index contributed by atoms with van der Waals surface area (Å²) in [5.41, 5.74) is 2.24. The van der Waals surface area contributed by atoms with Crippen LogP contribution in [0.5, 0.6) is 0 Å². The van der Waals surface area contributed by atoms with Crippen LogP contribution in [0.2, 0.25) is 0 Å². The third kappa shape index (κ3) is 3.64. The molecule has 2 aromatic rings.